The maximum absolute atomic E-state index is 10.9. The van der Waals surface area contributed by atoms with Gasteiger partial charge in [0.1, 0.15) is 5.75 Å². The fourth-order valence-corrected chi connectivity index (χ4v) is 2.48. The number of carbonyl (C=O) groups is 1. The molecule has 0 aromatic heterocycles. The van der Waals surface area contributed by atoms with Crippen molar-refractivity contribution < 1.29 is 19.4 Å². The van der Waals surface area contributed by atoms with Gasteiger partial charge in [-0.1, -0.05) is 24.3 Å². The Hall–Kier alpha value is -3.47. The molecule has 2 N–H and O–H groups in total. The molecule has 0 bridgehead atoms. The second kappa shape index (κ2) is 8.07. The van der Waals surface area contributed by atoms with Gasteiger partial charge < -0.3 is 19.9 Å². The Balaban J connectivity index is 1.66. The van der Waals surface area contributed by atoms with E-state index >= 15 is 0 Å². The number of rotatable bonds is 7. The van der Waals surface area contributed by atoms with Crippen molar-refractivity contribution in [2.45, 2.75) is 6.54 Å². The number of hydrogen-bond donors (Lipinski definition) is 2. The van der Waals surface area contributed by atoms with Gasteiger partial charge in [0, 0.05) is 12.2 Å². The number of carboxylic acids is 1. The molecule has 0 aliphatic carbocycles. The van der Waals surface area contributed by atoms with Crippen LogP contribution in [0, 0.1) is 0 Å². The first kappa shape index (κ1) is 17.4. The number of para-hydroxylation sites is 2. The number of benzene rings is 3. The number of aromatic carboxylic acids is 1. The van der Waals surface area contributed by atoms with E-state index in [2.05, 4.69) is 5.32 Å². The summed E-state index contributed by atoms with van der Waals surface area (Å²) in [5.74, 6) is 1.12. The van der Waals surface area contributed by atoms with Gasteiger partial charge in [0.25, 0.3) is 0 Å². The van der Waals surface area contributed by atoms with Crippen molar-refractivity contribution in [1.82, 2.24) is 0 Å². The first-order valence-corrected chi connectivity index (χ1v) is 8.13. The molecule has 3 rings (SSSR count). The molecule has 0 amide bonds. The molecule has 0 aliphatic heterocycles. The first-order valence-electron chi connectivity index (χ1n) is 8.13. The molecule has 0 saturated heterocycles. The standard InChI is InChI=1S/C21H19NO4/c1-25-19-7-2-3-8-20(19)26-18-6-4-5-15(13-18)14-22-17-11-9-16(10-12-17)21(23)24/h2-13,22H,14H2,1H3,(H,23,24). The SMILES string of the molecule is COc1ccccc1Oc1cccc(CNc2ccc(C(=O)O)cc2)c1. The Morgan fingerprint density at radius 1 is 0.962 bits per heavy atom. The Kier molecular flexibility index (Phi) is 5.39. The van der Waals surface area contributed by atoms with Crippen LogP contribution in [0.3, 0.4) is 0 Å². The quantitative estimate of drug-likeness (QED) is 0.641. The van der Waals surface area contributed by atoms with E-state index in [0.717, 1.165) is 17.0 Å². The maximum Gasteiger partial charge on any atom is 0.335 e. The molecule has 0 aliphatic rings. The van der Waals surface area contributed by atoms with Crippen LogP contribution in [-0.4, -0.2) is 18.2 Å². The summed E-state index contributed by atoms with van der Waals surface area (Å²) < 4.78 is 11.2. The highest BCUT2D eigenvalue weighted by Gasteiger charge is 2.05. The molecule has 132 valence electrons. The fraction of sp³-hybridized carbons (Fsp3) is 0.0952. The number of methoxy groups -OCH3 is 1. The lowest BCUT2D eigenvalue weighted by molar-refractivity contribution is 0.0697. The van der Waals surface area contributed by atoms with E-state index in [1.165, 1.54) is 0 Å². The van der Waals surface area contributed by atoms with Crippen LogP contribution < -0.4 is 14.8 Å². The summed E-state index contributed by atoms with van der Waals surface area (Å²) >= 11 is 0. The average molecular weight is 349 g/mol. The highest BCUT2D eigenvalue weighted by molar-refractivity contribution is 5.87. The lowest BCUT2D eigenvalue weighted by atomic mass is 10.2. The topological polar surface area (TPSA) is 67.8 Å². The predicted molar refractivity (Wildman–Crippen MR) is 100 cm³/mol. The molecule has 0 fully saturated rings. The van der Waals surface area contributed by atoms with Crippen molar-refractivity contribution in [1.29, 1.82) is 0 Å². The van der Waals surface area contributed by atoms with Gasteiger partial charge in [0.2, 0.25) is 0 Å². The molecule has 0 spiro atoms. The van der Waals surface area contributed by atoms with Crippen LogP contribution >= 0.6 is 0 Å². The number of hydrogen-bond acceptors (Lipinski definition) is 4. The van der Waals surface area contributed by atoms with E-state index in [1.807, 2.05) is 48.5 Å². The van der Waals surface area contributed by atoms with Crippen molar-refractivity contribution in [3.05, 3.63) is 83.9 Å². The molecule has 26 heavy (non-hydrogen) atoms. The number of ether oxygens (including phenoxy) is 2. The number of carboxylic acid groups (broad SMARTS) is 1. The molecule has 3 aromatic carbocycles. The molecule has 3 aromatic rings. The molecule has 5 nitrogen and oxygen atoms in total. The highest BCUT2D eigenvalue weighted by Crippen LogP contribution is 2.31. The largest absolute Gasteiger partial charge is 0.493 e. The number of anilines is 1. The van der Waals surface area contributed by atoms with Crippen LogP contribution in [0.2, 0.25) is 0 Å². The summed E-state index contributed by atoms with van der Waals surface area (Å²) in [5, 5.41) is 12.2. The zero-order chi connectivity index (χ0) is 18.4. The molecule has 0 radical (unpaired) electrons. The van der Waals surface area contributed by atoms with Gasteiger partial charge >= 0.3 is 5.97 Å². The summed E-state index contributed by atoms with van der Waals surface area (Å²) in [5.41, 5.74) is 2.16. The molecule has 0 heterocycles. The molecule has 0 unspecified atom stereocenters. The fourth-order valence-electron chi connectivity index (χ4n) is 2.48. The van der Waals surface area contributed by atoms with E-state index < -0.39 is 5.97 Å². The van der Waals surface area contributed by atoms with Gasteiger partial charge in [-0.05, 0) is 54.1 Å². The Morgan fingerprint density at radius 2 is 1.69 bits per heavy atom. The van der Waals surface area contributed by atoms with Gasteiger partial charge in [0.05, 0.1) is 12.7 Å². The maximum atomic E-state index is 10.9. The molecule has 0 saturated carbocycles. The predicted octanol–water partition coefficient (Wildman–Crippen LogP) is 4.80. The first-order chi connectivity index (χ1) is 12.7. The van der Waals surface area contributed by atoms with Crippen LogP contribution in [0.15, 0.2) is 72.8 Å². The minimum atomic E-state index is -0.933. The molecule has 0 atom stereocenters. The lowest BCUT2D eigenvalue weighted by Gasteiger charge is -2.12. The second-order valence-corrected chi connectivity index (χ2v) is 5.64. The third kappa shape index (κ3) is 4.33. The third-order valence-electron chi connectivity index (χ3n) is 3.82. The molecular weight excluding hydrogens is 330 g/mol. The van der Waals surface area contributed by atoms with E-state index in [0.29, 0.717) is 18.0 Å². The van der Waals surface area contributed by atoms with Crippen LogP contribution in [0.5, 0.6) is 17.2 Å². The van der Waals surface area contributed by atoms with Crippen molar-refractivity contribution in [3.8, 4) is 17.2 Å². The minimum Gasteiger partial charge on any atom is -0.493 e. The van der Waals surface area contributed by atoms with Crippen LogP contribution in [0.1, 0.15) is 15.9 Å². The normalized spacial score (nSPS) is 10.2. The van der Waals surface area contributed by atoms with Gasteiger partial charge in [-0.25, -0.2) is 4.79 Å². The second-order valence-electron chi connectivity index (χ2n) is 5.64. The van der Waals surface area contributed by atoms with Gasteiger partial charge in [-0.15, -0.1) is 0 Å². The lowest BCUT2D eigenvalue weighted by Crippen LogP contribution is -2.01. The summed E-state index contributed by atoms with van der Waals surface area (Å²) in [6.45, 7) is 0.593. The monoisotopic (exact) mass is 349 g/mol. The van der Waals surface area contributed by atoms with Gasteiger partial charge in [0.15, 0.2) is 11.5 Å². The van der Waals surface area contributed by atoms with Gasteiger partial charge in [-0.3, -0.25) is 0 Å². The summed E-state index contributed by atoms with van der Waals surface area (Å²) in [6.07, 6.45) is 0. The number of nitrogens with one attached hydrogen (secondary N) is 1. The Labute approximate surface area is 151 Å². The van der Waals surface area contributed by atoms with Crippen LogP contribution in [0.25, 0.3) is 0 Å². The van der Waals surface area contributed by atoms with Crippen molar-refractivity contribution in [2.24, 2.45) is 0 Å². The Morgan fingerprint density at radius 3 is 2.38 bits per heavy atom. The highest BCUT2D eigenvalue weighted by atomic mass is 16.5. The van der Waals surface area contributed by atoms with Crippen molar-refractivity contribution in [2.75, 3.05) is 12.4 Å². The van der Waals surface area contributed by atoms with Gasteiger partial charge in [-0.2, -0.15) is 0 Å². The summed E-state index contributed by atoms with van der Waals surface area (Å²) in [7, 11) is 1.61. The van der Waals surface area contributed by atoms with Crippen LogP contribution in [-0.2, 0) is 6.54 Å². The zero-order valence-corrected chi connectivity index (χ0v) is 14.3. The van der Waals surface area contributed by atoms with E-state index in [4.69, 9.17) is 14.6 Å². The Bertz CT molecular complexity index is 891. The summed E-state index contributed by atoms with van der Waals surface area (Å²) in [6, 6.07) is 21.9. The van der Waals surface area contributed by atoms with E-state index in [9.17, 15) is 4.79 Å². The van der Waals surface area contributed by atoms with E-state index in [1.54, 1.807) is 31.4 Å². The third-order valence-corrected chi connectivity index (χ3v) is 3.82. The minimum absolute atomic E-state index is 0.266. The van der Waals surface area contributed by atoms with Crippen molar-refractivity contribution >= 4 is 11.7 Å². The van der Waals surface area contributed by atoms with Crippen LogP contribution in [0.4, 0.5) is 5.69 Å². The molecular formula is C21H19NO4. The van der Waals surface area contributed by atoms with Crippen molar-refractivity contribution in [3.63, 3.8) is 0 Å². The average Bonchev–Trinajstić information content (AvgIpc) is 2.67. The zero-order valence-electron chi connectivity index (χ0n) is 14.3. The molecule has 5 heteroatoms. The van der Waals surface area contributed by atoms with E-state index in [-0.39, 0.29) is 5.56 Å². The smallest absolute Gasteiger partial charge is 0.335 e. The summed E-state index contributed by atoms with van der Waals surface area (Å²) in [4.78, 5) is 10.9.